The van der Waals surface area contributed by atoms with E-state index >= 15 is 0 Å². The van der Waals surface area contributed by atoms with E-state index in [0.717, 1.165) is 0 Å². The summed E-state index contributed by atoms with van der Waals surface area (Å²) in [6, 6.07) is -0.873. The first-order chi connectivity index (χ1) is 5.25. The summed E-state index contributed by atoms with van der Waals surface area (Å²) >= 11 is 0. The minimum absolute atomic E-state index is 0.303. The van der Waals surface area contributed by atoms with Crippen molar-refractivity contribution in [1.82, 2.24) is 15.2 Å². The number of esters is 1. The summed E-state index contributed by atoms with van der Waals surface area (Å²) in [7, 11) is 1.26. The topological polar surface area (TPSA) is 93.9 Å². The summed E-state index contributed by atoms with van der Waals surface area (Å²) in [4.78, 5) is 14.5. The summed E-state index contributed by atoms with van der Waals surface area (Å²) in [5.41, 5.74) is 5.39. The zero-order valence-corrected chi connectivity index (χ0v) is 5.94. The molecular formula is C5H8N4O2. The molecule has 0 aromatic carbocycles. The van der Waals surface area contributed by atoms with Gasteiger partial charge < -0.3 is 10.5 Å². The maximum absolute atomic E-state index is 10.8. The summed E-state index contributed by atoms with van der Waals surface area (Å²) in [5, 5.41) is 6.00. The molecular weight excluding hydrogens is 148 g/mol. The fourth-order valence-corrected chi connectivity index (χ4v) is 0.603. The Morgan fingerprint density at radius 2 is 2.64 bits per heavy atom. The predicted molar refractivity (Wildman–Crippen MR) is 35.3 cm³/mol. The first-order valence-corrected chi connectivity index (χ1v) is 2.94. The van der Waals surface area contributed by atoms with Crippen LogP contribution in [-0.2, 0) is 9.53 Å². The van der Waals surface area contributed by atoms with Gasteiger partial charge in [-0.2, -0.15) is 5.10 Å². The number of aromatic nitrogens is 3. The van der Waals surface area contributed by atoms with E-state index in [1.165, 1.54) is 13.4 Å². The second-order valence-electron chi connectivity index (χ2n) is 1.87. The van der Waals surface area contributed by atoms with Crippen molar-refractivity contribution in [2.24, 2.45) is 5.73 Å². The number of hydrogen-bond donors (Lipinski definition) is 2. The van der Waals surface area contributed by atoms with Gasteiger partial charge in [0.1, 0.15) is 6.33 Å². The van der Waals surface area contributed by atoms with Crippen LogP contribution in [0, 0.1) is 0 Å². The molecule has 0 bridgehead atoms. The van der Waals surface area contributed by atoms with Gasteiger partial charge in [-0.05, 0) is 0 Å². The smallest absolute Gasteiger partial charge is 0.330 e. The van der Waals surface area contributed by atoms with Crippen molar-refractivity contribution < 1.29 is 9.53 Å². The molecule has 1 aromatic rings. The van der Waals surface area contributed by atoms with Crippen molar-refractivity contribution in [2.75, 3.05) is 7.11 Å². The molecule has 1 atom stereocenters. The average Bonchev–Trinajstić information content (AvgIpc) is 2.53. The van der Waals surface area contributed by atoms with Gasteiger partial charge in [0, 0.05) is 0 Å². The van der Waals surface area contributed by atoms with Crippen LogP contribution in [0.5, 0.6) is 0 Å². The van der Waals surface area contributed by atoms with Gasteiger partial charge in [0.05, 0.1) is 7.11 Å². The molecule has 0 radical (unpaired) electrons. The third kappa shape index (κ3) is 1.53. The number of rotatable bonds is 2. The predicted octanol–water partition coefficient (Wildman–Crippen LogP) is -1.02. The molecule has 0 saturated carbocycles. The molecule has 6 heteroatoms. The van der Waals surface area contributed by atoms with Crippen molar-refractivity contribution in [1.29, 1.82) is 0 Å². The molecule has 0 aliphatic heterocycles. The van der Waals surface area contributed by atoms with Crippen LogP contribution in [0.3, 0.4) is 0 Å². The van der Waals surface area contributed by atoms with Gasteiger partial charge in [-0.25, -0.2) is 9.78 Å². The van der Waals surface area contributed by atoms with E-state index in [9.17, 15) is 4.79 Å². The highest BCUT2D eigenvalue weighted by Crippen LogP contribution is 2.02. The van der Waals surface area contributed by atoms with E-state index in [1.54, 1.807) is 0 Å². The van der Waals surface area contributed by atoms with Crippen LogP contribution >= 0.6 is 0 Å². The third-order valence-corrected chi connectivity index (χ3v) is 1.18. The quantitative estimate of drug-likeness (QED) is 0.534. The molecule has 0 spiro atoms. The van der Waals surface area contributed by atoms with Gasteiger partial charge >= 0.3 is 5.97 Å². The van der Waals surface area contributed by atoms with Crippen LogP contribution in [0.1, 0.15) is 11.9 Å². The maximum Gasteiger partial charge on any atom is 0.330 e. The van der Waals surface area contributed by atoms with Crippen LogP contribution in [0.25, 0.3) is 0 Å². The molecule has 0 aliphatic rings. The molecule has 0 saturated heterocycles. The van der Waals surface area contributed by atoms with E-state index in [0.29, 0.717) is 5.82 Å². The molecule has 0 amide bonds. The zero-order valence-electron chi connectivity index (χ0n) is 5.94. The number of nitrogens with zero attached hydrogens (tertiary/aromatic N) is 2. The van der Waals surface area contributed by atoms with E-state index < -0.39 is 12.0 Å². The third-order valence-electron chi connectivity index (χ3n) is 1.18. The molecule has 1 rings (SSSR count). The highest BCUT2D eigenvalue weighted by Gasteiger charge is 2.18. The molecule has 6 nitrogen and oxygen atoms in total. The van der Waals surface area contributed by atoms with Crippen molar-refractivity contribution in [3.05, 3.63) is 12.2 Å². The lowest BCUT2D eigenvalue weighted by atomic mass is 10.3. The normalized spacial score (nSPS) is 12.5. The molecule has 1 aromatic heterocycles. The number of carbonyl (C=O) groups excluding carboxylic acids is 1. The van der Waals surface area contributed by atoms with E-state index in [-0.39, 0.29) is 0 Å². The number of hydrogen-bond acceptors (Lipinski definition) is 5. The first-order valence-electron chi connectivity index (χ1n) is 2.94. The van der Waals surface area contributed by atoms with Crippen LogP contribution in [0.2, 0.25) is 0 Å². The van der Waals surface area contributed by atoms with Gasteiger partial charge in [-0.15, -0.1) is 0 Å². The van der Waals surface area contributed by atoms with E-state index in [4.69, 9.17) is 5.73 Å². The maximum atomic E-state index is 10.8. The van der Waals surface area contributed by atoms with E-state index in [1.807, 2.05) is 0 Å². The lowest BCUT2D eigenvalue weighted by Crippen LogP contribution is -2.23. The Morgan fingerprint density at radius 3 is 3.09 bits per heavy atom. The van der Waals surface area contributed by atoms with Crippen LogP contribution < -0.4 is 5.73 Å². The van der Waals surface area contributed by atoms with Crippen molar-refractivity contribution in [3.63, 3.8) is 0 Å². The molecule has 0 aliphatic carbocycles. The van der Waals surface area contributed by atoms with Gasteiger partial charge in [0.2, 0.25) is 0 Å². The van der Waals surface area contributed by atoms with E-state index in [2.05, 4.69) is 19.9 Å². The van der Waals surface area contributed by atoms with Gasteiger partial charge in [0.15, 0.2) is 11.9 Å². The lowest BCUT2D eigenvalue weighted by molar-refractivity contribution is -0.142. The second-order valence-corrected chi connectivity index (χ2v) is 1.87. The monoisotopic (exact) mass is 156 g/mol. The molecule has 3 N–H and O–H groups in total. The minimum Gasteiger partial charge on any atom is -0.468 e. The number of ether oxygens (including phenoxy) is 1. The second kappa shape index (κ2) is 3.11. The number of aromatic amines is 1. The van der Waals surface area contributed by atoms with Gasteiger partial charge in [0.25, 0.3) is 0 Å². The van der Waals surface area contributed by atoms with Crippen LogP contribution in [0.15, 0.2) is 6.33 Å². The van der Waals surface area contributed by atoms with Gasteiger partial charge in [-0.1, -0.05) is 0 Å². The Balaban J connectivity index is 2.70. The average molecular weight is 156 g/mol. The molecule has 60 valence electrons. The fourth-order valence-electron chi connectivity index (χ4n) is 0.603. The van der Waals surface area contributed by atoms with Crippen LogP contribution in [0.4, 0.5) is 0 Å². The number of methoxy groups -OCH3 is 1. The number of nitrogens with two attached hydrogens (primary N) is 1. The van der Waals surface area contributed by atoms with Crippen molar-refractivity contribution in [2.45, 2.75) is 6.04 Å². The fraction of sp³-hybridized carbons (Fsp3) is 0.400. The Hall–Kier alpha value is -1.43. The zero-order chi connectivity index (χ0) is 8.27. The summed E-state index contributed by atoms with van der Waals surface area (Å²) in [6.45, 7) is 0. The standard InChI is InChI=1S/C5H8N4O2/c1-11-5(10)3(6)4-7-2-8-9-4/h2-3H,6H2,1H3,(H,7,8,9). The molecule has 1 heterocycles. The molecule has 0 fully saturated rings. The minimum atomic E-state index is -0.873. The summed E-state index contributed by atoms with van der Waals surface area (Å²) < 4.78 is 4.38. The highest BCUT2D eigenvalue weighted by atomic mass is 16.5. The summed E-state index contributed by atoms with van der Waals surface area (Å²) in [6.07, 6.45) is 1.28. The number of nitrogens with one attached hydrogen (secondary N) is 1. The van der Waals surface area contributed by atoms with Crippen molar-refractivity contribution >= 4 is 5.97 Å². The van der Waals surface area contributed by atoms with Crippen LogP contribution in [-0.4, -0.2) is 28.3 Å². The summed E-state index contributed by atoms with van der Waals surface area (Å²) in [5.74, 6) is -0.237. The lowest BCUT2D eigenvalue weighted by Gasteiger charge is -2.03. The SMILES string of the molecule is COC(=O)C(N)c1ncn[nH]1. The Bertz CT molecular complexity index is 233. The van der Waals surface area contributed by atoms with Crippen molar-refractivity contribution in [3.8, 4) is 0 Å². The first kappa shape index (κ1) is 7.67. The number of H-pyrrole nitrogens is 1. The highest BCUT2D eigenvalue weighted by molar-refractivity contribution is 5.75. The largest absolute Gasteiger partial charge is 0.468 e. The molecule has 1 unspecified atom stereocenters. The molecule has 11 heavy (non-hydrogen) atoms. The Morgan fingerprint density at radius 1 is 1.91 bits per heavy atom. The van der Waals surface area contributed by atoms with Gasteiger partial charge in [-0.3, -0.25) is 5.10 Å². The number of carbonyl (C=O) groups is 1. The Labute approximate surface area is 62.8 Å². The Kier molecular flexibility index (Phi) is 2.17.